The summed E-state index contributed by atoms with van der Waals surface area (Å²) < 4.78 is 0.929. The maximum Gasteiger partial charge on any atom is 0.349 e. The summed E-state index contributed by atoms with van der Waals surface area (Å²) in [6.07, 6.45) is 1.14. The number of nitrogens with zero attached hydrogens (tertiary/aromatic N) is 3. The molecule has 0 radical (unpaired) electrons. The van der Waals surface area contributed by atoms with Gasteiger partial charge in [0.15, 0.2) is 5.65 Å². The molecule has 0 aromatic carbocycles. The van der Waals surface area contributed by atoms with Crippen molar-refractivity contribution in [1.29, 1.82) is 0 Å². The first-order valence-corrected chi connectivity index (χ1v) is 3.77. The van der Waals surface area contributed by atoms with E-state index in [4.69, 9.17) is 5.11 Å². The summed E-state index contributed by atoms with van der Waals surface area (Å²) in [4.78, 5) is 28.0. The Bertz CT molecular complexity index is 568. The second-order valence-electron chi connectivity index (χ2n) is 2.71. The third kappa shape index (κ3) is 0.987. The average Bonchev–Trinajstić information content (AvgIpc) is 2.42. The molecule has 0 fully saturated rings. The molecule has 72 valence electrons. The van der Waals surface area contributed by atoms with Gasteiger partial charge in [-0.05, 0) is 6.92 Å². The summed E-state index contributed by atoms with van der Waals surface area (Å²) in [7, 11) is 0. The Balaban J connectivity index is 2.98. The summed E-state index contributed by atoms with van der Waals surface area (Å²) in [5, 5.41) is 12.6. The van der Waals surface area contributed by atoms with Gasteiger partial charge >= 0.3 is 11.7 Å². The van der Waals surface area contributed by atoms with Crippen molar-refractivity contribution in [1.82, 2.24) is 19.6 Å². The molecule has 0 aliphatic carbocycles. The summed E-state index contributed by atoms with van der Waals surface area (Å²) in [5.41, 5.74) is -0.234. The second kappa shape index (κ2) is 2.66. The van der Waals surface area contributed by atoms with Crippen LogP contribution < -0.4 is 5.69 Å². The van der Waals surface area contributed by atoms with Gasteiger partial charge in [0.05, 0.1) is 12.0 Å². The monoisotopic (exact) mass is 194 g/mol. The van der Waals surface area contributed by atoms with Crippen LogP contribution in [0.5, 0.6) is 0 Å². The second-order valence-corrected chi connectivity index (χ2v) is 2.71. The van der Waals surface area contributed by atoms with Crippen molar-refractivity contribution in [2.24, 2.45) is 0 Å². The number of hydrogen-bond acceptors (Lipinski definition) is 4. The van der Waals surface area contributed by atoms with Gasteiger partial charge in [-0.3, -0.25) is 4.98 Å². The van der Waals surface area contributed by atoms with Crippen molar-refractivity contribution in [3.8, 4) is 0 Å². The number of hydrogen-bond donors (Lipinski definition) is 2. The minimum Gasteiger partial charge on any atom is -0.477 e. The number of carboxylic acids is 1. The highest BCUT2D eigenvalue weighted by atomic mass is 16.4. The Morgan fingerprint density at radius 3 is 3.00 bits per heavy atom. The molecule has 0 saturated heterocycles. The van der Waals surface area contributed by atoms with Crippen LogP contribution in [0.25, 0.3) is 5.65 Å². The molecule has 2 heterocycles. The third-order valence-electron chi connectivity index (χ3n) is 1.82. The normalized spacial score (nSPS) is 10.6. The van der Waals surface area contributed by atoms with E-state index < -0.39 is 11.7 Å². The number of aryl methyl sites for hydroxylation is 1. The topological polar surface area (TPSA) is 100 Å². The van der Waals surface area contributed by atoms with E-state index in [9.17, 15) is 9.59 Å². The van der Waals surface area contributed by atoms with E-state index in [-0.39, 0.29) is 16.9 Å². The van der Waals surface area contributed by atoms with Crippen LogP contribution in [0.1, 0.15) is 16.1 Å². The molecular formula is C7H6N4O3. The first-order chi connectivity index (χ1) is 6.61. The maximum atomic E-state index is 11.2. The van der Waals surface area contributed by atoms with Gasteiger partial charge < -0.3 is 5.11 Å². The molecule has 0 saturated carbocycles. The van der Waals surface area contributed by atoms with Crippen molar-refractivity contribution in [2.45, 2.75) is 6.92 Å². The summed E-state index contributed by atoms with van der Waals surface area (Å²) in [6.45, 7) is 1.51. The molecule has 7 nitrogen and oxygen atoms in total. The number of aromatic amines is 1. The zero-order valence-corrected chi connectivity index (χ0v) is 7.18. The van der Waals surface area contributed by atoms with Crippen LogP contribution in [-0.4, -0.2) is 30.7 Å². The summed E-state index contributed by atoms with van der Waals surface area (Å²) in [5.74, 6) is -1.14. The van der Waals surface area contributed by atoms with Gasteiger partial charge in [0.25, 0.3) is 0 Å². The standard InChI is InChI=1S/C7H6N4O3/c1-3-4(6(12)13)5-8-2-9-7(14)11(5)10-3/h2H,1H3,(H,12,13)(H,8,9,14). The predicted octanol–water partition coefficient (Wildman–Crippen LogP) is -0.576. The van der Waals surface area contributed by atoms with Crippen LogP contribution in [0.15, 0.2) is 11.1 Å². The minimum atomic E-state index is -1.14. The zero-order valence-electron chi connectivity index (χ0n) is 7.18. The van der Waals surface area contributed by atoms with Gasteiger partial charge in [0.1, 0.15) is 5.56 Å². The van der Waals surface area contributed by atoms with Crippen LogP contribution in [0.2, 0.25) is 0 Å². The van der Waals surface area contributed by atoms with Crippen LogP contribution in [0.4, 0.5) is 0 Å². The van der Waals surface area contributed by atoms with Gasteiger partial charge in [-0.1, -0.05) is 0 Å². The highest BCUT2D eigenvalue weighted by molar-refractivity contribution is 5.95. The number of fused-ring (bicyclic) bond motifs is 1. The number of carboxylic acid groups (broad SMARTS) is 1. The molecule has 2 aromatic rings. The fourth-order valence-corrected chi connectivity index (χ4v) is 1.24. The largest absolute Gasteiger partial charge is 0.477 e. The lowest BCUT2D eigenvalue weighted by Gasteiger charge is -1.90. The number of carbonyl (C=O) groups is 1. The van der Waals surface area contributed by atoms with E-state index >= 15 is 0 Å². The van der Waals surface area contributed by atoms with Crippen molar-refractivity contribution in [2.75, 3.05) is 0 Å². The van der Waals surface area contributed by atoms with Crippen LogP contribution in [-0.2, 0) is 0 Å². The average molecular weight is 194 g/mol. The van der Waals surface area contributed by atoms with E-state index in [2.05, 4.69) is 15.1 Å². The molecule has 0 amide bonds. The van der Waals surface area contributed by atoms with E-state index in [1.807, 2.05) is 0 Å². The van der Waals surface area contributed by atoms with Crippen LogP contribution in [0, 0.1) is 6.92 Å². The molecular weight excluding hydrogens is 188 g/mol. The fourth-order valence-electron chi connectivity index (χ4n) is 1.24. The van der Waals surface area contributed by atoms with E-state index in [1.54, 1.807) is 0 Å². The Hall–Kier alpha value is -2.18. The smallest absolute Gasteiger partial charge is 0.349 e. The highest BCUT2D eigenvalue weighted by Gasteiger charge is 2.17. The zero-order chi connectivity index (χ0) is 10.3. The molecule has 0 bridgehead atoms. The maximum absolute atomic E-state index is 11.2. The molecule has 2 N–H and O–H groups in total. The summed E-state index contributed by atoms with van der Waals surface area (Å²) in [6, 6.07) is 0. The molecule has 2 aromatic heterocycles. The van der Waals surface area contributed by atoms with E-state index in [1.165, 1.54) is 6.92 Å². The van der Waals surface area contributed by atoms with Gasteiger partial charge in [0, 0.05) is 0 Å². The lowest BCUT2D eigenvalue weighted by molar-refractivity contribution is 0.0698. The Kier molecular flexibility index (Phi) is 1.60. The van der Waals surface area contributed by atoms with Gasteiger partial charge in [-0.25, -0.2) is 14.6 Å². The van der Waals surface area contributed by atoms with E-state index in [0.29, 0.717) is 0 Å². The lowest BCUT2D eigenvalue weighted by atomic mass is 10.2. The highest BCUT2D eigenvalue weighted by Crippen LogP contribution is 2.09. The van der Waals surface area contributed by atoms with Gasteiger partial charge in [0.2, 0.25) is 0 Å². The number of nitrogens with one attached hydrogen (secondary N) is 1. The van der Waals surface area contributed by atoms with Gasteiger partial charge in [-0.15, -0.1) is 0 Å². The number of H-pyrrole nitrogens is 1. The first-order valence-electron chi connectivity index (χ1n) is 3.77. The third-order valence-corrected chi connectivity index (χ3v) is 1.82. The lowest BCUT2D eigenvalue weighted by Crippen LogP contribution is -2.17. The Morgan fingerprint density at radius 2 is 2.36 bits per heavy atom. The Morgan fingerprint density at radius 1 is 1.64 bits per heavy atom. The molecule has 7 heteroatoms. The first kappa shape index (κ1) is 8.42. The molecule has 0 atom stereocenters. The minimum absolute atomic E-state index is 0.0453. The molecule has 0 aliphatic heterocycles. The van der Waals surface area contributed by atoms with E-state index in [0.717, 1.165) is 10.8 Å². The van der Waals surface area contributed by atoms with Crippen molar-refractivity contribution in [3.63, 3.8) is 0 Å². The van der Waals surface area contributed by atoms with Gasteiger partial charge in [-0.2, -0.15) is 9.61 Å². The number of aromatic nitrogens is 4. The number of rotatable bonds is 1. The number of aromatic carboxylic acids is 1. The van der Waals surface area contributed by atoms with Crippen LogP contribution in [0.3, 0.4) is 0 Å². The quantitative estimate of drug-likeness (QED) is 0.632. The summed E-state index contributed by atoms with van der Waals surface area (Å²) >= 11 is 0. The van der Waals surface area contributed by atoms with Crippen molar-refractivity contribution < 1.29 is 9.90 Å². The molecule has 0 aliphatic rings. The SMILES string of the molecule is Cc1nn2c(=O)[nH]cnc2c1C(=O)O. The molecule has 0 unspecified atom stereocenters. The molecule has 14 heavy (non-hydrogen) atoms. The molecule has 2 rings (SSSR count). The van der Waals surface area contributed by atoms with Crippen molar-refractivity contribution >= 4 is 11.6 Å². The fraction of sp³-hybridized carbons (Fsp3) is 0.143. The Labute approximate surface area is 77.0 Å². The van der Waals surface area contributed by atoms with Crippen molar-refractivity contribution in [3.05, 3.63) is 28.1 Å². The molecule has 0 spiro atoms. The van der Waals surface area contributed by atoms with Crippen LogP contribution >= 0.6 is 0 Å². The predicted molar refractivity (Wildman–Crippen MR) is 45.3 cm³/mol.